The molecule has 1 heterocycles. The molecule has 1 aromatic heterocycles. The molecule has 0 aliphatic heterocycles. The van der Waals surface area contributed by atoms with E-state index in [2.05, 4.69) is 17.0 Å². The van der Waals surface area contributed by atoms with Gasteiger partial charge >= 0.3 is 0 Å². The highest BCUT2D eigenvalue weighted by atomic mass is 16.5. The predicted molar refractivity (Wildman–Crippen MR) is 53.7 cm³/mol. The van der Waals surface area contributed by atoms with Gasteiger partial charge in [0.15, 0.2) is 5.82 Å². The number of hydrogen-bond acceptors (Lipinski definition) is 4. The summed E-state index contributed by atoms with van der Waals surface area (Å²) in [5.74, 6) is 0.681. The Morgan fingerprint density at radius 3 is 2.93 bits per heavy atom. The number of ether oxygens (including phenoxy) is 1. The van der Waals surface area contributed by atoms with Crippen molar-refractivity contribution in [1.29, 1.82) is 0 Å². The molecule has 0 spiro atoms. The van der Waals surface area contributed by atoms with Crippen LogP contribution in [0, 0.1) is 0 Å². The molecule has 0 aliphatic carbocycles. The third-order valence-corrected chi connectivity index (χ3v) is 1.77. The molecule has 0 aromatic carbocycles. The van der Waals surface area contributed by atoms with E-state index in [4.69, 9.17) is 10.5 Å². The zero-order chi connectivity index (χ0) is 10.4. The van der Waals surface area contributed by atoms with E-state index in [1.165, 1.54) is 0 Å². The lowest BCUT2D eigenvalue weighted by Crippen LogP contribution is -2.10. The average molecular weight is 198 g/mol. The van der Waals surface area contributed by atoms with Crippen molar-refractivity contribution in [3.05, 3.63) is 12.2 Å². The third kappa shape index (κ3) is 3.43. The van der Waals surface area contributed by atoms with Gasteiger partial charge in [-0.25, -0.2) is 4.98 Å². The van der Waals surface area contributed by atoms with Gasteiger partial charge in [-0.3, -0.25) is 4.68 Å². The van der Waals surface area contributed by atoms with E-state index in [-0.39, 0.29) is 6.04 Å². The summed E-state index contributed by atoms with van der Waals surface area (Å²) < 4.78 is 7.09. The lowest BCUT2D eigenvalue weighted by Gasteiger charge is -2.02. The molecule has 0 amide bonds. The highest BCUT2D eigenvalue weighted by Gasteiger charge is 2.04. The van der Waals surface area contributed by atoms with Gasteiger partial charge in [0.25, 0.3) is 0 Å². The Balaban J connectivity index is 2.29. The SMILES string of the molecule is CCCOCCn1cnc(C(C)N)n1. The van der Waals surface area contributed by atoms with Gasteiger partial charge in [0.05, 0.1) is 19.2 Å². The normalized spacial score (nSPS) is 13.1. The Bertz CT molecular complexity index is 259. The van der Waals surface area contributed by atoms with Crippen LogP contribution < -0.4 is 5.73 Å². The van der Waals surface area contributed by atoms with Crippen LogP contribution in [0.4, 0.5) is 0 Å². The summed E-state index contributed by atoms with van der Waals surface area (Å²) in [6.45, 7) is 6.17. The Morgan fingerprint density at radius 2 is 2.36 bits per heavy atom. The van der Waals surface area contributed by atoms with Crippen molar-refractivity contribution in [2.24, 2.45) is 5.73 Å². The van der Waals surface area contributed by atoms with Crippen molar-refractivity contribution >= 4 is 0 Å². The van der Waals surface area contributed by atoms with Gasteiger partial charge in [-0.15, -0.1) is 0 Å². The molecule has 1 unspecified atom stereocenters. The van der Waals surface area contributed by atoms with Crippen LogP contribution in [0.2, 0.25) is 0 Å². The molecular formula is C9H18N4O. The topological polar surface area (TPSA) is 66.0 Å². The second-order valence-corrected chi connectivity index (χ2v) is 3.27. The molecule has 14 heavy (non-hydrogen) atoms. The first kappa shape index (κ1) is 11.1. The largest absolute Gasteiger partial charge is 0.380 e. The monoisotopic (exact) mass is 198 g/mol. The summed E-state index contributed by atoms with van der Waals surface area (Å²) >= 11 is 0. The number of nitrogens with two attached hydrogens (primary N) is 1. The minimum absolute atomic E-state index is 0.104. The van der Waals surface area contributed by atoms with Crippen molar-refractivity contribution in [3.8, 4) is 0 Å². The summed E-state index contributed by atoms with van der Waals surface area (Å²) in [6, 6.07) is -0.104. The third-order valence-electron chi connectivity index (χ3n) is 1.77. The summed E-state index contributed by atoms with van der Waals surface area (Å²) in [5.41, 5.74) is 5.63. The molecule has 1 atom stereocenters. The summed E-state index contributed by atoms with van der Waals surface area (Å²) in [7, 11) is 0. The van der Waals surface area contributed by atoms with Crippen LogP contribution in [0.1, 0.15) is 32.1 Å². The van der Waals surface area contributed by atoms with Crippen molar-refractivity contribution in [1.82, 2.24) is 14.8 Å². The van der Waals surface area contributed by atoms with Crippen molar-refractivity contribution < 1.29 is 4.74 Å². The van der Waals surface area contributed by atoms with E-state index >= 15 is 0 Å². The average Bonchev–Trinajstić information content (AvgIpc) is 2.61. The van der Waals surface area contributed by atoms with Crippen LogP contribution >= 0.6 is 0 Å². The van der Waals surface area contributed by atoms with Crippen LogP contribution in [0.3, 0.4) is 0 Å². The van der Waals surface area contributed by atoms with Gasteiger partial charge in [-0.2, -0.15) is 5.10 Å². The van der Waals surface area contributed by atoms with E-state index in [1.807, 2.05) is 6.92 Å². The molecule has 2 N–H and O–H groups in total. The van der Waals surface area contributed by atoms with Crippen LogP contribution in [0.25, 0.3) is 0 Å². The first-order valence-electron chi connectivity index (χ1n) is 4.96. The van der Waals surface area contributed by atoms with Crippen LogP contribution in [0.15, 0.2) is 6.33 Å². The maximum absolute atomic E-state index is 5.63. The highest BCUT2D eigenvalue weighted by molar-refractivity contribution is 4.87. The molecule has 0 saturated carbocycles. The van der Waals surface area contributed by atoms with Crippen molar-refractivity contribution in [2.75, 3.05) is 13.2 Å². The lowest BCUT2D eigenvalue weighted by atomic mass is 10.4. The minimum atomic E-state index is -0.104. The maximum atomic E-state index is 5.63. The lowest BCUT2D eigenvalue weighted by molar-refractivity contribution is 0.124. The molecule has 0 aliphatic rings. The second-order valence-electron chi connectivity index (χ2n) is 3.27. The Kier molecular flexibility index (Phi) is 4.55. The number of nitrogens with zero attached hydrogens (tertiary/aromatic N) is 3. The van der Waals surface area contributed by atoms with E-state index in [1.54, 1.807) is 11.0 Å². The first-order chi connectivity index (χ1) is 6.74. The van der Waals surface area contributed by atoms with Crippen LogP contribution in [0.5, 0.6) is 0 Å². The number of hydrogen-bond donors (Lipinski definition) is 1. The van der Waals surface area contributed by atoms with Gasteiger partial charge in [0, 0.05) is 6.61 Å². The summed E-state index contributed by atoms with van der Waals surface area (Å²) in [5, 5.41) is 4.21. The molecular weight excluding hydrogens is 180 g/mol. The molecule has 1 aromatic rings. The maximum Gasteiger partial charge on any atom is 0.166 e. The van der Waals surface area contributed by atoms with Crippen LogP contribution in [-0.2, 0) is 11.3 Å². The minimum Gasteiger partial charge on any atom is -0.380 e. The fraction of sp³-hybridized carbons (Fsp3) is 0.778. The molecule has 80 valence electrons. The Morgan fingerprint density at radius 1 is 1.57 bits per heavy atom. The van der Waals surface area contributed by atoms with E-state index in [9.17, 15) is 0 Å². The molecule has 0 radical (unpaired) electrons. The predicted octanol–water partition coefficient (Wildman–Crippen LogP) is 0.724. The Labute approximate surface area is 84.3 Å². The fourth-order valence-corrected chi connectivity index (χ4v) is 1.03. The standard InChI is InChI=1S/C9H18N4O/c1-3-5-14-6-4-13-7-11-9(12-13)8(2)10/h7-8H,3-6,10H2,1-2H3. The van der Waals surface area contributed by atoms with E-state index < -0.39 is 0 Å². The van der Waals surface area contributed by atoms with Gasteiger partial charge in [-0.1, -0.05) is 6.92 Å². The molecule has 0 saturated heterocycles. The van der Waals surface area contributed by atoms with E-state index in [0.29, 0.717) is 12.4 Å². The van der Waals surface area contributed by atoms with Gasteiger partial charge in [0.1, 0.15) is 6.33 Å². The Hall–Kier alpha value is -0.940. The van der Waals surface area contributed by atoms with Crippen LogP contribution in [-0.4, -0.2) is 28.0 Å². The first-order valence-corrected chi connectivity index (χ1v) is 4.96. The summed E-state index contributed by atoms with van der Waals surface area (Å²) in [6.07, 6.45) is 2.73. The second kappa shape index (κ2) is 5.72. The molecule has 1 rings (SSSR count). The van der Waals surface area contributed by atoms with Crippen molar-refractivity contribution in [3.63, 3.8) is 0 Å². The zero-order valence-corrected chi connectivity index (χ0v) is 8.81. The zero-order valence-electron chi connectivity index (χ0n) is 8.81. The van der Waals surface area contributed by atoms with Gasteiger partial charge < -0.3 is 10.5 Å². The number of rotatable bonds is 6. The molecule has 0 fully saturated rings. The summed E-state index contributed by atoms with van der Waals surface area (Å²) in [4.78, 5) is 4.09. The molecule has 5 heteroatoms. The molecule has 5 nitrogen and oxygen atoms in total. The fourth-order valence-electron chi connectivity index (χ4n) is 1.03. The smallest absolute Gasteiger partial charge is 0.166 e. The van der Waals surface area contributed by atoms with Gasteiger partial charge in [-0.05, 0) is 13.3 Å². The van der Waals surface area contributed by atoms with Crippen molar-refractivity contribution in [2.45, 2.75) is 32.9 Å². The number of aromatic nitrogens is 3. The van der Waals surface area contributed by atoms with Gasteiger partial charge in [0.2, 0.25) is 0 Å². The molecule has 0 bridgehead atoms. The van der Waals surface area contributed by atoms with E-state index in [0.717, 1.165) is 19.6 Å². The highest BCUT2D eigenvalue weighted by Crippen LogP contribution is 2.00. The quantitative estimate of drug-likeness (QED) is 0.684.